The number of fused-ring (bicyclic) bond motifs is 3. The van der Waals surface area contributed by atoms with Crippen molar-refractivity contribution >= 4 is 23.4 Å². The van der Waals surface area contributed by atoms with Crippen molar-refractivity contribution in [1.29, 1.82) is 0 Å². The number of nitrogens with zero attached hydrogens (tertiary/aromatic N) is 2. The van der Waals surface area contributed by atoms with Gasteiger partial charge in [-0.15, -0.1) is 0 Å². The fourth-order valence-electron chi connectivity index (χ4n) is 4.65. The lowest BCUT2D eigenvalue weighted by atomic mass is 9.55. The highest BCUT2D eigenvalue weighted by molar-refractivity contribution is 6.30. The van der Waals surface area contributed by atoms with Crippen LogP contribution in [0.5, 0.6) is 5.75 Å². The Bertz CT molecular complexity index is 999. The van der Waals surface area contributed by atoms with E-state index in [-0.39, 0.29) is 42.2 Å². The number of hydrogen-bond acceptors (Lipinski definition) is 6. The lowest BCUT2D eigenvalue weighted by molar-refractivity contribution is -0.156. The summed E-state index contributed by atoms with van der Waals surface area (Å²) in [5, 5.41) is 16.6. The topological polar surface area (TPSA) is 113 Å². The number of hydrogen-bond donors (Lipinski definition) is 3. The van der Waals surface area contributed by atoms with E-state index in [1.165, 1.54) is 12.1 Å². The third-order valence-electron chi connectivity index (χ3n) is 6.49. The van der Waals surface area contributed by atoms with Crippen LogP contribution in [-0.2, 0) is 16.1 Å². The number of carbonyl (C=O) groups is 2. The molecule has 5 rings (SSSR count). The first-order valence-electron chi connectivity index (χ1n) is 10.4. The van der Waals surface area contributed by atoms with E-state index in [2.05, 4.69) is 20.6 Å². The van der Waals surface area contributed by atoms with E-state index in [0.717, 1.165) is 6.07 Å². The van der Waals surface area contributed by atoms with Crippen molar-refractivity contribution in [2.45, 2.75) is 50.3 Å². The number of aliphatic hydroxyl groups is 1. The maximum Gasteiger partial charge on any atom is 0.258 e. The Morgan fingerprint density at radius 2 is 2.03 bits per heavy atom. The van der Waals surface area contributed by atoms with Crippen molar-refractivity contribution in [3.63, 3.8) is 0 Å². The normalized spacial score (nSPS) is 26.4. The number of carbonyl (C=O) groups excluding carboxylic acids is 2. The smallest absolute Gasteiger partial charge is 0.258 e. The summed E-state index contributed by atoms with van der Waals surface area (Å²) in [5.41, 5.74) is -0.815. The van der Waals surface area contributed by atoms with Gasteiger partial charge in [0.05, 0.1) is 35.0 Å². The molecule has 32 heavy (non-hydrogen) atoms. The van der Waals surface area contributed by atoms with Crippen LogP contribution in [0.4, 0.5) is 4.39 Å². The second kappa shape index (κ2) is 8.99. The molecule has 8 nitrogen and oxygen atoms in total. The average Bonchev–Trinajstić information content (AvgIpc) is 2.79. The molecule has 3 N–H and O–H groups in total. The van der Waals surface area contributed by atoms with E-state index in [1.54, 1.807) is 18.6 Å². The summed E-state index contributed by atoms with van der Waals surface area (Å²) in [4.78, 5) is 33.5. The van der Waals surface area contributed by atoms with Gasteiger partial charge in [0.15, 0.2) is 6.61 Å². The van der Waals surface area contributed by atoms with Crippen molar-refractivity contribution in [3.05, 3.63) is 53.3 Å². The second-order valence-corrected chi connectivity index (χ2v) is 8.86. The zero-order valence-electron chi connectivity index (χ0n) is 17.3. The highest BCUT2D eigenvalue weighted by Gasteiger charge is 2.58. The summed E-state index contributed by atoms with van der Waals surface area (Å²) in [6, 6.07) is 3.96. The number of amides is 2. The van der Waals surface area contributed by atoms with Crippen LogP contribution in [0, 0.1) is 11.2 Å². The molecule has 3 saturated carbocycles. The number of halogens is 2. The molecule has 1 aromatic carbocycles. The van der Waals surface area contributed by atoms with Crippen LogP contribution >= 0.6 is 11.6 Å². The maximum atomic E-state index is 13.5. The van der Waals surface area contributed by atoms with E-state index < -0.39 is 22.9 Å². The molecular formula is C22H24ClFN4O4. The van der Waals surface area contributed by atoms with E-state index in [4.69, 9.17) is 16.3 Å². The third-order valence-corrected chi connectivity index (χ3v) is 6.79. The van der Waals surface area contributed by atoms with Crippen LogP contribution < -0.4 is 15.4 Å². The summed E-state index contributed by atoms with van der Waals surface area (Å²) >= 11 is 5.64. The fraction of sp³-hybridized carbons (Fsp3) is 0.455. The minimum absolute atomic E-state index is 0.0247. The van der Waals surface area contributed by atoms with Crippen molar-refractivity contribution in [2.24, 2.45) is 5.41 Å². The van der Waals surface area contributed by atoms with Crippen LogP contribution in [-0.4, -0.2) is 45.1 Å². The monoisotopic (exact) mass is 462 g/mol. The highest BCUT2D eigenvalue weighted by Crippen LogP contribution is 2.52. The lowest BCUT2D eigenvalue weighted by Crippen LogP contribution is -2.65. The molecule has 0 aliphatic heterocycles. The predicted molar refractivity (Wildman–Crippen MR) is 113 cm³/mol. The number of nitrogens with one attached hydrogen (secondary N) is 2. The van der Waals surface area contributed by atoms with Gasteiger partial charge >= 0.3 is 0 Å². The molecule has 2 bridgehead atoms. The van der Waals surface area contributed by atoms with Gasteiger partial charge in [-0.2, -0.15) is 0 Å². The summed E-state index contributed by atoms with van der Waals surface area (Å²) in [6.45, 7) is -0.0473. The zero-order valence-corrected chi connectivity index (χ0v) is 18.1. The van der Waals surface area contributed by atoms with E-state index >= 15 is 0 Å². The molecule has 3 aliphatic rings. The molecule has 2 aromatic rings. The van der Waals surface area contributed by atoms with E-state index in [1.807, 2.05) is 0 Å². The molecule has 0 unspecified atom stereocenters. The van der Waals surface area contributed by atoms with Crippen LogP contribution in [0.25, 0.3) is 0 Å². The van der Waals surface area contributed by atoms with Crippen molar-refractivity contribution in [2.75, 3.05) is 6.61 Å². The van der Waals surface area contributed by atoms with E-state index in [0.29, 0.717) is 31.4 Å². The molecule has 10 heteroatoms. The Labute approximate surface area is 189 Å². The van der Waals surface area contributed by atoms with Gasteiger partial charge in [0.25, 0.3) is 5.91 Å². The molecule has 0 spiro atoms. The first kappa shape index (κ1) is 22.4. The van der Waals surface area contributed by atoms with Gasteiger partial charge in [-0.05, 0) is 44.2 Å². The van der Waals surface area contributed by atoms with E-state index in [9.17, 15) is 19.1 Å². The zero-order chi connectivity index (χ0) is 22.8. The minimum atomic E-state index is -0.876. The molecule has 1 aromatic heterocycles. The Morgan fingerprint density at radius 1 is 1.25 bits per heavy atom. The van der Waals surface area contributed by atoms with Gasteiger partial charge in [0, 0.05) is 24.0 Å². The standard InChI is InChI=1S/C22H24ClFN4O4/c23-16-2-1-15(9-17(16)24)32-13-19(30)28-21-3-5-22(6-4-21,18(29)10-21)20(31)27-12-14-11-25-7-8-26-14/h1-2,7-9,11,18,29H,3-6,10,12-13H2,(H,27,31)(H,28,30)/t18-,21?,22?/m0/s1. The summed E-state index contributed by atoms with van der Waals surface area (Å²) in [7, 11) is 0. The molecule has 3 fully saturated rings. The number of aliphatic hydroxyl groups excluding tert-OH is 1. The Morgan fingerprint density at radius 3 is 2.69 bits per heavy atom. The molecule has 0 radical (unpaired) electrons. The highest BCUT2D eigenvalue weighted by atomic mass is 35.5. The number of ether oxygens (including phenoxy) is 1. The third kappa shape index (κ3) is 4.54. The largest absolute Gasteiger partial charge is 0.484 e. The molecule has 2 amide bonds. The SMILES string of the molecule is O=C(COc1ccc(Cl)c(F)c1)NC12CCC(C(=O)NCc3cnccn3)(CC1)[C@@H](O)C2. The van der Waals surface area contributed by atoms with Crippen molar-refractivity contribution in [3.8, 4) is 5.75 Å². The maximum absolute atomic E-state index is 13.5. The minimum Gasteiger partial charge on any atom is -0.484 e. The summed E-state index contributed by atoms with van der Waals surface area (Å²) < 4.78 is 18.9. The van der Waals surface area contributed by atoms with Crippen LogP contribution in [0.3, 0.4) is 0 Å². The van der Waals surface area contributed by atoms with Crippen LogP contribution in [0.1, 0.15) is 37.8 Å². The van der Waals surface area contributed by atoms with Gasteiger partial charge in [-0.1, -0.05) is 11.6 Å². The van der Waals surface area contributed by atoms with Gasteiger partial charge in [0.1, 0.15) is 11.6 Å². The van der Waals surface area contributed by atoms with Gasteiger partial charge in [-0.25, -0.2) is 4.39 Å². The molecule has 0 saturated heterocycles. The quantitative estimate of drug-likeness (QED) is 0.581. The lowest BCUT2D eigenvalue weighted by Gasteiger charge is -2.55. The second-order valence-electron chi connectivity index (χ2n) is 8.45. The summed E-state index contributed by atoms with van der Waals surface area (Å²) in [5.74, 6) is -0.997. The van der Waals surface area contributed by atoms with Crippen molar-refractivity contribution < 1.29 is 23.8 Å². The fourth-order valence-corrected chi connectivity index (χ4v) is 4.76. The van der Waals surface area contributed by atoms with Crippen LogP contribution in [0.2, 0.25) is 5.02 Å². The van der Waals surface area contributed by atoms with Gasteiger partial charge in [0.2, 0.25) is 5.91 Å². The first-order valence-corrected chi connectivity index (χ1v) is 10.8. The number of benzene rings is 1. The van der Waals surface area contributed by atoms with Crippen LogP contribution in [0.15, 0.2) is 36.8 Å². The Balaban J connectivity index is 1.32. The molecule has 1 heterocycles. The average molecular weight is 463 g/mol. The first-order chi connectivity index (χ1) is 15.3. The summed E-state index contributed by atoms with van der Waals surface area (Å²) in [6.07, 6.45) is 6.17. The molecule has 170 valence electrons. The van der Waals surface area contributed by atoms with Gasteiger partial charge < -0.3 is 20.5 Å². The molecule has 3 aliphatic carbocycles. The Hall–Kier alpha value is -2.78. The predicted octanol–water partition coefficient (Wildman–Crippen LogP) is 2.14. The molecule has 1 atom stereocenters. The Kier molecular flexibility index (Phi) is 6.30. The number of rotatable bonds is 7. The van der Waals surface area contributed by atoms with Crippen molar-refractivity contribution in [1.82, 2.24) is 20.6 Å². The number of aromatic nitrogens is 2. The molecular weight excluding hydrogens is 439 g/mol. The van der Waals surface area contributed by atoms with Gasteiger partial charge in [-0.3, -0.25) is 19.6 Å².